The molecule has 3 rings (SSSR count). The fourth-order valence-corrected chi connectivity index (χ4v) is 2.35. The predicted molar refractivity (Wildman–Crippen MR) is 63.5 cm³/mol. The minimum Gasteiger partial charge on any atom is -0.324 e. The average molecular weight is 237 g/mol. The van der Waals surface area contributed by atoms with Gasteiger partial charge in [0, 0.05) is 22.3 Å². The van der Waals surface area contributed by atoms with E-state index in [1.165, 1.54) is 0 Å². The third-order valence-corrected chi connectivity index (χ3v) is 3.57. The monoisotopic (exact) mass is 236 g/mol. The average Bonchev–Trinajstić information content (AvgIpc) is 2.84. The molecule has 3 nitrogen and oxygen atoms in total. The molecule has 0 aromatic heterocycles. The Balaban J connectivity index is 1.89. The number of carbonyl (C=O) groups excluding carboxylic acids is 1. The summed E-state index contributed by atoms with van der Waals surface area (Å²) in [4.78, 5) is 11.8. The van der Waals surface area contributed by atoms with Crippen LogP contribution in [-0.2, 0) is 4.79 Å². The van der Waals surface area contributed by atoms with Gasteiger partial charge in [-0.2, -0.15) is 0 Å². The highest BCUT2D eigenvalue weighted by Gasteiger charge is 2.39. The van der Waals surface area contributed by atoms with Crippen LogP contribution in [0.15, 0.2) is 18.2 Å². The molecule has 3 unspecified atom stereocenters. The van der Waals surface area contributed by atoms with Crippen molar-refractivity contribution in [1.29, 1.82) is 0 Å². The Morgan fingerprint density at radius 1 is 1.50 bits per heavy atom. The number of hydrogen-bond acceptors (Lipinski definition) is 2. The van der Waals surface area contributed by atoms with Crippen molar-refractivity contribution in [1.82, 2.24) is 5.32 Å². The van der Waals surface area contributed by atoms with Crippen LogP contribution < -0.4 is 10.6 Å². The highest BCUT2D eigenvalue weighted by Crippen LogP contribution is 2.37. The second-order valence-corrected chi connectivity index (χ2v) is 5.08. The number of halogens is 1. The first kappa shape index (κ1) is 10.1. The van der Waals surface area contributed by atoms with Crippen LogP contribution >= 0.6 is 11.6 Å². The van der Waals surface area contributed by atoms with Gasteiger partial charge >= 0.3 is 0 Å². The first-order valence-corrected chi connectivity index (χ1v) is 5.89. The van der Waals surface area contributed by atoms with Crippen LogP contribution in [0.4, 0.5) is 5.69 Å². The Bertz CT molecular complexity index is 460. The van der Waals surface area contributed by atoms with Crippen molar-refractivity contribution in [2.45, 2.75) is 25.4 Å². The predicted octanol–water partition coefficient (Wildman–Crippen LogP) is 2.33. The van der Waals surface area contributed by atoms with Gasteiger partial charge in [0.15, 0.2) is 0 Å². The normalized spacial score (nSPS) is 31.1. The van der Waals surface area contributed by atoms with Crippen LogP contribution in [0.1, 0.15) is 24.9 Å². The maximum absolute atomic E-state index is 11.8. The number of anilines is 1. The van der Waals surface area contributed by atoms with Gasteiger partial charge in [0.05, 0.1) is 0 Å². The number of carbonyl (C=O) groups is 1. The number of amides is 1. The molecule has 1 aromatic rings. The van der Waals surface area contributed by atoms with Crippen LogP contribution in [0.25, 0.3) is 0 Å². The van der Waals surface area contributed by atoms with Gasteiger partial charge in [0.2, 0.25) is 5.91 Å². The summed E-state index contributed by atoms with van der Waals surface area (Å²) >= 11 is 5.95. The molecule has 84 valence electrons. The van der Waals surface area contributed by atoms with Gasteiger partial charge in [0.1, 0.15) is 6.04 Å². The van der Waals surface area contributed by atoms with Crippen LogP contribution in [0.3, 0.4) is 0 Å². The molecule has 1 amide bonds. The van der Waals surface area contributed by atoms with E-state index < -0.39 is 0 Å². The van der Waals surface area contributed by atoms with Crippen molar-refractivity contribution in [3.05, 3.63) is 28.8 Å². The lowest BCUT2D eigenvalue weighted by Gasteiger charge is -2.10. The molecular weight excluding hydrogens is 224 g/mol. The van der Waals surface area contributed by atoms with E-state index in [0.717, 1.165) is 17.7 Å². The van der Waals surface area contributed by atoms with E-state index in [2.05, 4.69) is 17.6 Å². The quantitative estimate of drug-likeness (QED) is 0.828. The molecule has 16 heavy (non-hydrogen) atoms. The van der Waals surface area contributed by atoms with E-state index in [0.29, 0.717) is 17.0 Å². The molecule has 0 bridgehead atoms. The lowest BCUT2D eigenvalue weighted by atomic mass is 10.1. The molecule has 1 aliphatic heterocycles. The number of rotatable bonds is 2. The molecule has 0 radical (unpaired) electrons. The summed E-state index contributed by atoms with van der Waals surface area (Å²) < 4.78 is 0. The van der Waals surface area contributed by atoms with E-state index in [1.54, 1.807) is 6.07 Å². The summed E-state index contributed by atoms with van der Waals surface area (Å²) in [6.07, 6.45) is 1.15. The topological polar surface area (TPSA) is 41.1 Å². The van der Waals surface area contributed by atoms with E-state index >= 15 is 0 Å². The van der Waals surface area contributed by atoms with Crippen molar-refractivity contribution in [3.8, 4) is 0 Å². The number of benzene rings is 1. The van der Waals surface area contributed by atoms with Gasteiger partial charge < -0.3 is 5.32 Å². The van der Waals surface area contributed by atoms with Gasteiger partial charge in [-0.25, -0.2) is 0 Å². The Kier molecular flexibility index (Phi) is 2.19. The molecular formula is C12H13ClN2O. The molecule has 1 aromatic carbocycles. The summed E-state index contributed by atoms with van der Waals surface area (Å²) in [6.45, 7) is 2.18. The molecule has 2 N–H and O–H groups in total. The third-order valence-electron chi connectivity index (χ3n) is 3.33. The Morgan fingerprint density at radius 3 is 2.94 bits per heavy atom. The molecule has 1 saturated carbocycles. The van der Waals surface area contributed by atoms with Crippen LogP contribution in [0.5, 0.6) is 0 Å². The summed E-state index contributed by atoms with van der Waals surface area (Å²) in [5.74, 6) is 0.701. The molecule has 0 saturated heterocycles. The molecule has 2 aliphatic rings. The zero-order valence-electron chi connectivity index (χ0n) is 8.96. The summed E-state index contributed by atoms with van der Waals surface area (Å²) in [7, 11) is 0. The van der Waals surface area contributed by atoms with E-state index in [1.807, 2.05) is 12.1 Å². The maximum atomic E-state index is 11.8. The van der Waals surface area contributed by atoms with Crippen LogP contribution in [-0.4, -0.2) is 11.9 Å². The maximum Gasteiger partial charge on any atom is 0.246 e. The van der Waals surface area contributed by atoms with Gasteiger partial charge in [-0.1, -0.05) is 18.5 Å². The van der Waals surface area contributed by atoms with Crippen molar-refractivity contribution in [3.63, 3.8) is 0 Å². The summed E-state index contributed by atoms with van der Waals surface area (Å²) in [5.41, 5.74) is 1.84. The molecule has 4 heteroatoms. The Labute approximate surface area is 99.2 Å². The lowest BCUT2D eigenvalue weighted by Crippen LogP contribution is -2.29. The molecule has 3 atom stereocenters. The van der Waals surface area contributed by atoms with Gasteiger partial charge in [-0.3, -0.25) is 10.1 Å². The highest BCUT2D eigenvalue weighted by atomic mass is 35.5. The van der Waals surface area contributed by atoms with Crippen molar-refractivity contribution in [2.24, 2.45) is 5.92 Å². The second-order valence-electron chi connectivity index (χ2n) is 4.64. The van der Waals surface area contributed by atoms with Crippen LogP contribution in [0, 0.1) is 5.92 Å². The largest absolute Gasteiger partial charge is 0.324 e. The standard InChI is InChI=1S/C12H13ClN2O/c1-6-4-10(6)14-11-8-5-7(13)2-3-9(8)15-12(11)16/h2-3,5-6,10-11,14H,4H2,1H3,(H,15,16). The number of hydrogen-bond donors (Lipinski definition) is 2. The van der Waals surface area contributed by atoms with Crippen molar-refractivity contribution < 1.29 is 4.79 Å². The number of fused-ring (bicyclic) bond motifs is 1. The fraction of sp³-hybridized carbons (Fsp3) is 0.417. The SMILES string of the molecule is CC1CC1NC1C(=O)Nc2ccc(Cl)cc21. The Hall–Kier alpha value is -1.06. The number of nitrogens with one attached hydrogen (secondary N) is 2. The molecule has 1 heterocycles. The van der Waals surface area contributed by atoms with Crippen molar-refractivity contribution in [2.75, 3.05) is 5.32 Å². The highest BCUT2D eigenvalue weighted by molar-refractivity contribution is 6.31. The minimum atomic E-state index is -0.233. The summed E-state index contributed by atoms with van der Waals surface area (Å²) in [6, 6.07) is 5.75. The van der Waals surface area contributed by atoms with Gasteiger partial charge in [-0.05, 0) is 30.5 Å². The van der Waals surface area contributed by atoms with E-state index in [9.17, 15) is 4.79 Å². The first-order chi connectivity index (χ1) is 7.65. The minimum absolute atomic E-state index is 0.0244. The first-order valence-electron chi connectivity index (χ1n) is 5.51. The zero-order valence-corrected chi connectivity index (χ0v) is 9.71. The lowest BCUT2D eigenvalue weighted by molar-refractivity contribution is -0.117. The second kappa shape index (κ2) is 3.47. The molecule has 0 spiro atoms. The van der Waals surface area contributed by atoms with Crippen LogP contribution in [0.2, 0.25) is 5.02 Å². The van der Waals surface area contributed by atoms with E-state index in [4.69, 9.17) is 11.6 Å². The third kappa shape index (κ3) is 1.60. The molecule has 1 aliphatic carbocycles. The molecule has 1 fully saturated rings. The summed E-state index contributed by atoms with van der Waals surface area (Å²) in [5, 5.41) is 6.90. The smallest absolute Gasteiger partial charge is 0.246 e. The van der Waals surface area contributed by atoms with Gasteiger partial charge in [0.25, 0.3) is 0 Å². The van der Waals surface area contributed by atoms with E-state index in [-0.39, 0.29) is 11.9 Å². The fourth-order valence-electron chi connectivity index (χ4n) is 2.17. The zero-order chi connectivity index (χ0) is 11.3. The van der Waals surface area contributed by atoms with Crippen molar-refractivity contribution >= 4 is 23.2 Å². The van der Waals surface area contributed by atoms with Gasteiger partial charge in [-0.15, -0.1) is 0 Å². The Morgan fingerprint density at radius 2 is 2.25 bits per heavy atom.